The maximum absolute atomic E-state index is 11.5. The van der Waals surface area contributed by atoms with E-state index in [9.17, 15) is 4.79 Å². The van der Waals surface area contributed by atoms with Gasteiger partial charge in [0.25, 0.3) is 0 Å². The number of carbonyl (C=O) groups is 1. The maximum atomic E-state index is 11.5. The van der Waals surface area contributed by atoms with Crippen molar-refractivity contribution in [2.24, 2.45) is 0 Å². The van der Waals surface area contributed by atoms with Crippen molar-refractivity contribution in [2.45, 2.75) is 78.4 Å². The first-order valence-corrected chi connectivity index (χ1v) is 12.1. The van der Waals surface area contributed by atoms with E-state index >= 15 is 0 Å². The lowest BCUT2D eigenvalue weighted by Crippen LogP contribution is -2.34. The Kier molecular flexibility index (Phi) is 9.05. The molecule has 0 aliphatic heterocycles. The Hall–Kier alpha value is -1.35. The minimum atomic E-state index is -1.56. The number of unbranched alkanes of at least 4 members (excludes halogenated alkanes) is 3. The Bertz CT molecular complexity index is 536. The Morgan fingerprint density at radius 2 is 1.67 bits per heavy atom. The van der Waals surface area contributed by atoms with Crippen LogP contribution in [0, 0.1) is 0 Å². The molecule has 24 heavy (non-hydrogen) atoms. The lowest BCUT2D eigenvalue weighted by Gasteiger charge is -2.32. The van der Waals surface area contributed by atoms with Crippen molar-refractivity contribution in [1.29, 1.82) is 0 Å². The summed E-state index contributed by atoms with van der Waals surface area (Å²) < 4.78 is 5.52. The standard InChI is InChI=1S/C21H34O2Si/c1-6-10-11-12-17-21(24(7-2,8-3)9-4)19-15-13-14-16-20(19)23-18(5)22/h13-17H,6-12H2,1-5H3/b21-17+. The molecule has 1 rings (SSSR count). The third-order valence-corrected chi connectivity index (χ3v) is 10.9. The fraction of sp³-hybridized carbons (Fsp3) is 0.571. The second kappa shape index (κ2) is 10.5. The Morgan fingerprint density at radius 1 is 1.04 bits per heavy atom. The number of hydrogen-bond donors (Lipinski definition) is 0. The monoisotopic (exact) mass is 346 g/mol. The van der Waals surface area contributed by atoms with Crippen molar-refractivity contribution in [3.8, 4) is 5.75 Å². The van der Waals surface area contributed by atoms with Crippen LogP contribution in [0.1, 0.15) is 65.9 Å². The molecule has 0 unspecified atom stereocenters. The van der Waals surface area contributed by atoms with Gasteiger partial charge in [0.2, 0.25) is 0 Å². The highest BCUT2D eigenvalue weighted by Gasteiger charge is 2.33. The lowest BCUT2D eigenvalue weighted by molar-refractivity contribution is -0.131. The minimum absolute atomic E-state index is 0.246. The van der Waals surface area contributed by atoms with E-state index in [2.05, 4.69) is 45.9 Å². The summed E-state index contributed by atoms with van der Waals surface area (Å²) in [5, 5.41) is 1.49. The summed E-state index contributed by atoms with van der Waals surface area (Å²) in [7, 11) is -1.56. The van der Waals surface area contributed by atoms with Crippen LogP contribution in [0.4, 0.5) is 0 Å². The molecule has 0 fully saturated rings. The third-order valence-electron chi connectivity index (χ3n) is 5.19. The van der Waals surface area contributed by atoms with Crippen molar-refractivity contribution in [3.05, 3.63) is 35.9 Å². The summed E-state index contributed by atoms with van der Waals surface area (Å²) in [6.07, 6.45) is 7.32. The van der Waals surface area contributed by atoms with Crippen LogP contribution >= 0.6 is 0 Å². The number of para-hydroxylation sites is 1. The van der Waals surface area contributed by atoms with Crippen molar-refractivity contribution in [1.82, 2.24) is 0 Å². The Balaban J connectivity index is 3.34. The fourth-order valence-electron chi connectivity index (χ4n) is 3.51. The van der Waals surface area contributed by atoms with Crippen LogP contribution < -0.4 is 4.74 Å². The molecule has 3 heteroatoms. The summed E-state index contributed by atoms with van der Waals surface area (Å²) in [6, 6.07) is 11.8. The molecule has 0 N–H and O–H groups in total. The smallest absolute Gasteiger partial charge is 0.308 e. The van der Waals surface area contributed by atoms with Gasteiger partial charge < -0.3 is 4.74 Å². The van der Waals surface area contributed by atoms with Crippen LogP contribution in [-0.4, -0.2) is 14.0 Å². The van der Waals surface area contributed by atoms with Crippen LogP contribution in [-0.2, 0) is 4.79 Å². The maximum Gasteiger partial charge on any atom is 0.308 e. The normalized spacial score (nSPS) is 12.3. The van der Waals surface area contributed by atoms with Gasteiger partial charge in [-0.1, -0.05) is 88.1 Å². The SMILES string of the molecule is CCCCC/C=C(\c1ccccc1OC(C)=O)[Si](CC)(CC)CC. The van der Waals surface area contributed by atoms with E-state index in [-0.39, 0.29) is 5.97 Å². The minimum Gasteiger partial charge on any atom is -0.426 e. The number of allylic oxidation sites excluding steroid dienone is 1. The summed E-state index contributed by atoms with van der Waals surface area (Å²) in [4.78, 5) is 11.5. The molecular formula is C21H34O2Si. The van der Waals surface area contributed by atoms with Gasteiger partial charge in [-0.3, -0.25) is 4.79 Å². The first-order valence-electron chi connectivity index (χ1n) is 9.53. The van der Waals surface area contributed by atoms with Crippen LogP contribution in [0.15, 0.2) is 30.3 Å². The number of hydrogen-bond acceptors (Lipinski definition) is 2. The number of benzene rings is 1. The zero-order valence-electron chi connectivity index (χ0n) is 16.2. The molecule has 0 spiro atoms. The van der Waals surface area contributed by atoms with Gasteiger partial charge in [-0.15, -0.1) is 0 Å². The molecule has 2 nitrogen and oxygen atoms in total. The highest BCUT2D eigenvalue weighted by molar-refractivity contribution is 6.96. The van der Waals surface area contributed by atoms with Gasteiger partial charge in [-0.2, -0.15) is 0 Å². The third kappa shape index (κ3) is 5.34. The first-order chi connectivity index (χ1) is 11.5. The fourth-order valence-corrected chi connectivity index (χ4v) is 7.51. The van der Waals surface area contributed by atoms with Gasteiger partial charge in [-0.25, -0.2) is 0 Å². The molecule has 0 bridgehead atoms. The summed E-state index contributed by atoms with van der Waals surface area (Å²) >= 11 is 0. The summed E-state index contributed by atoms with van der Waals surface area (Å²) in [5.74, 6) is 0.475. The average molecular weight is 347 g/mol. The molecule has 1 aromatic rings. The molecule has 0 amide bonds. The predicted octanol–water partition coefficient (Wildman–Crippen LogP) is 6.62. The van der Waals surface area contributed by atoms with Crippen molar-refractivity contribution in [3.63, 3.8) is 0 Å². The summed E-state index contributed by atoms with van der Waals surface area (Å²) in [6.45, 7) is 10.7. The summed E-state index contributed by atoms with van der Waals surface area (Å²) in [5.41, 5.74) is 1.14. The Morgan fingerprint density at radius 3 is 2.21 bits per heavy atom. The quantitative estimate of drug-likeness (QED) is 0.206. The molecule has 0 radical (unpaired) electrons. The van der Waals surface area contributed by atoms with Crippen LogP contribution in [0.25, 0.3) is 5.20 Å². The second-order valence-electron chi connectivity index (χ2n) is 6.54. The molecule has 0 heterocycles. The molecule has 0 aliphatic carbocycles. The van der Waals surface area contributed by atoms with E-state index in [4.69, 9.17) is 4.74 Å². The van der Waals surface area contributed by atoms with Gasteiger partial charge in [0.15, 0.2) is 0 Å². The van der Waals surface area contributed by atoms with E-state index < -0.39 is 8.07 Å². The van der Waals surface area contributed by atoms with E-state index in [1.54, 1.807) is 0 Å². The topological polar surface area (TPSA) is 26.3 Å². The van der Waals surface area contributed by atoms with Gasteiger partial charge in [0.05, 0.1) is 8.07 Å². The molecule has 0 saturated heterocycles. The Labute approximate surface area is 149 Å². The van der Waals surface area contributed by atoms with E-state index in [0.717, 1.165) is 17.7 Å². The van der Waals surface area contributed by atoms with Crippen molar-refractivity contribution in [2.75, 3.05) is 0 Å². The zero-order valence-corrected chi connectivity index (χ0v) is 17.2. The average Bonchev–Trinajstić information content (AvgIpc) is 2.59. The largest absolute Gasteiger partial charge is 0.426 e. The second-order valence-corrected chi connectivity index (χ2v) is 11.8. The van der Waals surface area contributed by atoms with Gasteiger partial charge in [0.1, 0.15) is 5.75 Å². The van der Waals surface area contributed by atoms with E-state index in [1.165, 1.54) is 49.5 Å². The van der Waals surface area contributed by atoms with Crippen LogP contribution in [0.5, 0.6) is 5.75 Å². The molecule has 134 valence electrons. The van der Waals surface area contributed by atoms with E-state index in [0.29, 0.717) is 0 Å². The highest BCUT2D eigenvalue weighted by atomic mass is 28.3. The number of carbonyl (C=O) groups excluding carboxylic acids is 1. The van der Waals surface area contributed by atoms with Crippen LogP contribution in [0.2, 0.25) is 18.1 Å². The predicted molar refractivity (Wildman–Crippen MR) is 107 cm³/mol. The van der Waals surface area contributed by atoms with Gasteiger partial charge in [-0.05, 0) is 18.9 Å². The highest BCUT2D eigenvalue weighted by Crippen LogP contribution is 2.39. The van der Waals surface area contributed by atoms with Gasteiger partial charge in [0, 0.05) is 12.5 Å². The first kappa shape index (κ1) is 20.7. The molecule has 0 atom stereocenters. The van der Waals surface area contributed by atoms with Crippen molar-refractivity contribution < 1.29 is 9.53 Å². The number of rotatable bonds is 10. The number of esters is 1. The van der Waals surface area contributed by atoms with E-state index in [1.807, 2.05) is 12.1 Å². The molecule has 0 aliphatic rings. The van der Waals surface area contributed by atoms with Gasteiger partial charge >= 0.3 is 5.97 Å². The zero-order chi connectivity index (χ0) is 18.0. The van der Waals surface area contributed by atoms with Crippen LogP contribution in [0.3, 0.4) is 0 Å². The molecular weight excluding hydrogens is 312 g/mol. The van der Waals surface area contributed by atoms with Crippen molar-refractivity contribution >= 4 is 19.2 Å². The lowest BCUT2D eigenvalue weighted by atomic mass is 10.1. The molecule has 1 aromatic carbocycles. The molecule has 0 saturated carbocycles. The number of ether oxygens (including phenoxy) is 1. The molecule has 0 aromatic heterocycles.